The van der Waals surface area contributed by atoms with E-state index in [4.69, 9.17) is 0 Å². The summed E-state index contributed by atoms with van der Waals surface area (Å²) in [5.41, 5.74) is 0. The summed E-state index contributed by atoms with van der Waals surface area (Å²) < 4.78 is 26.0. The van der Waals surface area contributed by atoms with Crippen LogP contribution in [0.5, 0.6) is 0 Å². The summed E-state index contributed by atoms with van der Waals surface area (Å²) in [6, 6.07) is 0.336. The Bertz CT molecular complexity index is 309. The largest absolute Gasteiger partial charge is 0.313 e. The Kier molecular flexibility index (Phi) is 7.19. The van der Waals surface area contributed by atoms with Crippen LogP contribution in [0.4, 0.5) is 0 Å². The van der Waals surface area contributed by atoms with E-state index in [1.807, 2.05) is 13.8 Å². The van der Waals surface area contributed by atoms with Crippen molar-refractivity contribution in [3.8, 4) is 0 Å². The van der Waals surface area contributed by atoms with Crippen LogP contribution >= 0.6 is 0 Å². The van der Waals surface area contributed by atoms with Gasteiger partial charge in [-0.15, -0.1) is 0 Å². The van der Waals surface area contributed by atoms with Crippen LogP contribution in [0.25, 0.3) is 0 Å². The molecule has 0 saturated heterocycles. The number of nitrogens with one attached hydrogen (secondary N) is 2. The zero-order chi connectivity index (χ0) is 13.4. The fourth-order valence-corrected chi connectivity index (χ4v) is 3.46. The Morgan fingerprint density at radius 2 is 1.83 bits per heavy atom. The molecule has 1 aliphatic carbocycles. The van der Waals surface area contributed by atoms with Gasteiger partial charge in [-0.1, -0.05) is 39.5 Å². The molecule has 0 radical (unpaired) electrons. The Morgan fingerprint density at radius 3 is 2.44 bits per heavy atom. The summed E-state index contributed by atoms with van der Waals surface area (Å²) in [5.74, 6) is 1.02. The Morgan fingerprint density at radius 1 is 1.17 bits per heavy atom. The number of hydrogen-bond donors (Lipinski definition) is 2. The smallest absolute Gasteiger partial charge is 0.212 e. The maximum atomic E-state index is 11.7. The van der Waals surface area contributed by atoms with Gasteiger partial charge in [-0.25, -0.2) is 13.1 Å². The molecule has 2 N–H and O–H groups in total. The molecule has 0 bridgehead atoms. The third-order valence-corrected chi connectivity index (χ3v) is 4.89. The van der Waals surface area contributed by atoms with Gasteiger partial charge in [-0.2, -0.15) is 0 Å². The fraction of sp³-hybridized carbons (Fsp3) is 1.00. The molecule has 0 heterocycles. The molecule has 0 aliphatic heterocycles. The molecule has 0 spiro atoms. The first-order chi connectivity index (χ1) is 8.49. The second kappa shape index (κ2) is 8.12. The molecule has 0 unspecified atom stereocenters. The molecule has 1 rings (SSSR count). The van der Waals surface area contributed by atoms with E-state index in [-0.39, 0.29) is 5.75 Å². The van der Waals surface area contributed by atoms with E-state index >= 15 is 0 Å². The van der Waals surface area contributed by atoms with E-state index in [1.54, 1.807) is 0 Å². The molecular weight excluding hydrogens is 248 g/mol. The Hall–Kier alpha value is -0.130. The van der Waals surface area contributed by atoms with Crippen LogP contribution in [0.15, 0.2) is 0 Å². The Labute approximate surface area is 112 Å². The minimum atomic E-state index is -3.09. The summed E-state index contributed by atoms with van der Waals surface area (Å²) in [6.45, 7) is 5.15. The summed E-state index contributed by atoms with van der Waals surface area (Å²) in [5, 5.41) is 3.12. The predicted octanol–water partition coefficient (Wildman–Crippen LogP) is 1.87. The zero-order valence-corrected chi connectivity index (χ0v) is 12.6. The molecular formula is C13H28N2O2S. The van der Waals surface area contributed by atoms with Crippen molar-refractivity contribution in [2.24, 2.45) is 5.92 Å². The van der Waals surface area contributed by atoms with E-state index < -0.39 is 10.0 Å². The van der Waals surface area contributed by atoms with Gasteiger partial charge in [-0.3, -0.25) is 0 Å². The molecule has 0 atom stereocenters. The third kappa shape index (κ3) is 7.34. The van der Waals surface area contributed by atoms with Crippen LogP contribution in [-0.4, -0.2) is 33.3 Å². The van der Waals surface area contributed by atoms with Gasteiger partial charge in [0.1, 0.15) is 0 Å². The average molecular weight is 276 g/mol. The molecule has 1 aliphatic rings. The summed E-state index contributed by atoms with van der Waals surface area (Å²) in [4.78, 5) is 0. The first kappa shape index (κ1) is 15.9. The normalized spacial score (nSPS) is 17.7. The molecule has 0 aromatic carbocycles. The van der Waals surface area contributed by atoms with Gasteiger partial charge in [0.05, 0.1) is 5.75 Å². The topological polar surface area (TPSA) is 58.2 Å². The van der Waals surface area contributed by atoms with Gasteiger partial charge >= 0.3 is 0 Å². The van der Waals surface area contributed by atoms with Crippen molar-refractivity contribution in [1.82, 2.24) is 10.0 Å². The van der Waals surface area contributed by atoms with Gasteiger partial charge in [0.15, 0.2) is 0 Å². The molecule has 4 nitrogen and oxygen atoms in total. The van der Waals surface area contributed by atoms with Crippen molar-refractivity contribution in [3.05, 3.63) is 0 Å². The second-order valence-electron chi connectivity index (χ2n) is 5.61. The number of hydrogen-bond acceptors (Lipinski definition) is 3. The quantitative estimate of drug-likeness (QED) is 0.632. The van der Waals surface area contributed by atoms with Gasteiger partial charge < -0.3 is 5.32 Å². The maximum absolute atomic E-state index is 11.7. The van der Waals surface area contributed by atoms with E-state index in [9.17, 15) is 8.42 Å². The van der Waals surface area contributed by atoms with E-state index in [0.29, 0.717) is 19.1 Å². The summed E-state index contributed by atoms with van der Waals surface area (Å²) in [7, 11) is -3.09. The molecule has 0 aromatic rings. The maximum Gasteiger partial charge on any atom is 0.212 e. The van der Waals surface area contributed by atoms with Gasteiger partial charge in [0.2, 0.25) is 10.0 Å². The molecule has 108 valence electrons. The van der Waals surface area contributed by atoms with Crippen molar-refractivity contribution in [3.63, 3.8) is 0 Å². The molecule has 18 heavy (non-hydrogen) atoms. The van der Waals surface area contributed by atoms with Crippen LogP contribution in [0.3, 0.4) is 0 Å². The van der Waals surface area contributed by atoms with Gasteiger partial charge in [0, 0.05) is 19.1 Å². The van der Waals surface area contributed by atoms with Crippen LogP contribution < -0.4 is 10.0 Å². The minimum Gasteiger partial charge on any atom is -0.313 e. The molecule has 0 aromatic heterocycles. The van der Waals surface area contributed by atoms with Crippen molar-refractivity contribution < 1.29 is 8.42 Å². The third-order valence-electron chi connectivity index (χ3n) is 3.51. The summed E-state index contributed by atoms with van der Waals surface area (Å²) in [6.07, 6.45) is 7.54. The standard InChI is InChI=1S/C13H28N2O2S/c1-12(2)14-10-11-18(16,17)15-9-5-8-13-6-3-4-7-13/h12-15H,3-11H2,1-2H3. The van der Waals surface area contributed by atoms with Gasteiger partial charge in [-0.05, 0) is 18.8 Å². The van der Waals surface area contributed by atoms with Crippen LogP contribution in [-0.2, 0) is 10.0 Å². The lowest BCUT2D eigenvalue weighted by molar-refractivity contribution is 0.480. The lowest BCUT2D eigenvalue weighted by Gasteiger charge is -2.11. The van der Waals surface area contributed by atoms with Crippen LogP contribution in [0, 0.1) is 5.92 Å². The van der Waals surface area contributed by atoms with Crippen LogP contribution in [0.2, 0.25) is 0 Å². The number of rotatable bonds is 9. The van der Waals surface area contributed by atoms with Crippen molar-refractivity contribution >= 4 is 10.0 Å². The zero-order valence-electron chi connectivity index (χ0n) is 11.7. The molecule has 5 heteroatoms. The fourth-order valence-electron chi connectivity index (χ4n) is 2.47. The highest BCUT2D eigenvalue weighted by atomic mass is 32.2. The highest BCUT2D eigenvalue weighted by Crippen LogP contribution is 2.28. The highest BCUT2D eigenvalue weighted by molar-refractivity contribution is 7.89. The minimum absolute atomic E-state index is 0.175. The van der Waals surface area contributed by atoms with Crippen molar-refractivity contribution in [2.45, 2.75) is 58.4 Å². The first-order valence-electron chi connectivity index (χ1n) is 7.20. The van der Waals surface area contributed by atoms with E-state index in [0.717, 1.165) is 12.3 Å². The van der Waals surface area contributed by atoms with Crippen molar-refractivity contribution in [1.29, 1.82) is 0 Å². The average Bonchev–Trinajstić information content (AvgIpc) is 2.76. The SMILES string of the molecule is CC(C)NCCS(=O)(=O)NCCCC1CCCC1. The summed E-state index contributed by atoms with van der Waals surface area (Å²) >= 11 is 0. The molecule has 1 saturated carbocycles. The van der Waals surface area contributed by atoms with Gasteiger partial charge in [0.25, 0.3) is 0 Å². The Balaban J connectivity index is 2.05. The first-order valence-corrected chi connectivity index (χ1v) is 8.85. The monoisotopic (exact) mass is 276 g/mol. The van der Waals surface area contributed by atoms with Crippen molar-refractivity contribution in [2.75, 3.05) is 18.8 Å². The van der Waals surface area contributed by atoms with Crippen LogP contribution in [0.1, 0.15) is 52.4 Å². The lowest BCUT2D eigenvalue weighted by atomic mass is 10.0. The lowest BCUT2D eigenvalue weighted by Crippen LogP contribution is -2.34. The van der Waals surface area contributed by atoms with E-state index in [1.165, 1.54) is 32.1 Å². The second-order valence-corrected chi connectivity index (χ2v) is 7.54. The van der Waals surface area contributed by atoms with E-state index in [2.05, 4.69) is 10.0 Å². The highest BCUT2D eigenvalue weighted by Gasteiger charge is 2.15. The molecule has 0 amide bonds. The number of sulfonamides is 1. The predicted molar refractivity (Wildman–Crippen MR) is 76.1 cm³/mol. The molecule has 1 fully saturated rings.